The summed E-state index contributed by atoms with van der Waals surface area (Å²) in [5.41, 5.74) is 1.51. The standard InChI is InChI=1S/C14H21IS/c1-3-16-12(2)9-10-14(11-15)13-7-5-4-6-8-13/h4-8,12,14H,3,9-11H2,1-2H3. The van der Waals surface area contributed by atoms with Gasteiger partial charge in [-0.15, -0.1) is 0 Å². The van der Waals surface area contributed by atoms with Gasteiger partial charge in [0.2, 0.25) is 0 Å². The lowest BCUT2D eigenvalue weighted by molar-refractivity contribution is 0.644. The number of thioether (sulfide) groups is 1. The zero-order valence-electron chi connectivity index (χ0n) is 10.2. The molecule has 0 N–H and O–H groups in total. The Morgan fingerprint density at radius 1 is 1.19 bits per heavy atom. The Bertz CT molecular complexity index is 273. The van der Waals surface area contributed by atoms with Gasteiger partial charge in [0, 0.05) is 9.68 Å². The normalized spacial score (nSPS) is 14.7. The lowest BCUT2D eigenvalue weighted by Gasteiger charge is -2.17. The van der Waals surface area contributed by atoms with Crippen LogP contribution < -0.4 is 0 Å². The summed E-state index contributed by atoms with van der Waals surface area (Å²) < 4.78 is 1.23. The van der Waals surface area contributed by atoms with Gasteiger partial charge < -0.3 is 0 Å². The van der Waals surface area contributed by atoms with Crippen molar-refractivity contribution in [2.45, 2.75) is 37.9 Å². The zero-order chi connectivity index (χ0) is 11.8. The smallest absolute Gasteiger partial charge is 0.00642 e. The molecule has 1 rings (SSSR count). The molecule has 1 aromatic rings. The molecule has 0 saturated carbocycles. The largest absolute Gasteiger partial charge is 0.159 e. The molecule has 0 aliphatic rings. The minimum Gasteiger partial charge on any atom is -0.159 e. The quantitative estimate of drug-likeness (QED) is 0.486. The van der Waals surface area contributed by atoms with Gasteiger partial charge in [-0.1, -0.05) is 66.8 Å². The number of halogens is 1. The second-order valence-electron chi connectivity index (χ2n) is 4.11. The van der Waals surface area contributed by atoms with Crippen LogP contribution in [-0.4, -0.2) is 15.4 Å². The third-order valence-corrected chi connectivity index (χ3v) is 5.03. The maximum absolute atomic E-state index is 2.51. The first-order valence-corrected chi connectivity index (χ1v) is 8.57. The molecule has 0 heterocycles. The van der Waals surface area contributed by atoms with Crippen LogP contribution in [-0.2, 0) is 0 Å². The molecule has 0 amide bonds. The van der Waals surface area contributed by atoms with Crippen molar-refractivity contribution >= 4 is 34.4 Å². The first kappa shape index (κ1) is 14.4. The summed E-state index contributed by atoms with van der Waals surface area (Å²) >= 11 is 4.59. The van der Waals surface area contributed by atoms with E-state index in [1.165, 1.54) is 28.6 Å². The maximum Gasteiger partial charge on any atom is 0.00642 e. The molecule has 0 radical (unpaired) electrons. The predicted molar refractivity (Wildman–Crippen MR) is 84.9 cm³/mol. The summed E-state index contributed by atoms with van der Waals surface area (Å²) in [7, 11) is 0. The number of alkyl halides is 1. The molecule has 0 saturated heterocycles. The summed E-state index contributed by atoms with van der Waals surface area (Å²) in [6, 6.07) is 10.9. The van der Waals surface area contributed by atoms with E-state index in [1.54, 1.807) is 0 Å². The van der Waals surface area contributed by atoms with Crippen LogP contribution in [0.2, 0.25) is 0 Å². The van der Waals surface area contributed by atoms with Crippen molar-refractivity contribution < 1.29 is 0 Å². The zero-order valence-corrected chi connectivity index (χ0v) is 13.1. The second-order valence-corrected chi connectivity index (χ2v) is 6.70. The Morgan fingerprint density at radius 3 is 2.44 bits per heavy atom. The second kappa shape index (κ2) is 8.40. The van der Waals surface area contributed by atoms with Gasteiger partial charge in [-0.3, -0.25) is 0 Å². The van der Waals surface area contributed by atoms with Crippen LogP contribution in [0.5, 0.6) is 0 Å². The van der Waals surface area contributed by atoms with Gasteiger partial charge in [0.05, 0.1) is 0 Å². The highest BCUT2D eigenvalue weighted by Crippen LogP contribution is 2.26. The number of hydrogen-bond acceptors (Lipinski definition) is 1. The van der Waals surface area contributed by atoms with E-state index in [1.807, 2.05) is 0 Å². The molecule has 0 aliphatic heterocycles. The lowest BCUT2D eigenvalue weighted by Crippen LogP contribution is -2.05. The SMILES string of the molecule is CCSC(C)CCC(CI)c1ccccc1. The number of benzene rings is 1. The molecule has 16 heavy (non-hydrogen) atoms. The fraction of sp³-hybridized carbons (Fsp3) is 0.571. The van der Waals surface area contributed by atoms with E-state index in [4.69, 9.17) is 0 Å². The third-order valence-electron chi connectivity index (χ3n) is 2.83. The maximum atomic E-state index is 2.51. The Hall–Kier alpha value is 0.300. The molecular formula is C14H21IS. The van der Waals surface area contributed by atoms with Crippen LogP contribution >= 0.6 is 34.4 Å². The number of hydrogen-bond donors (Lipinski definition) is 0. The van der Waals surface area contributed by atoms with Gasteiger partial charge in [-0.25, -0.2) is 0 Å². The Balaban J connectivity index is 2.44. The van der Waals surface area contributed by atoms with Gasteiger partial charge >= 0.3 is 0 Å². The number of rotatable bonds is 7. The molecule has 90 valence electrons. The van der Waals surface area contributed by atoms with E-state index in [0.717, 1.165) is 11.2 Å². The van der Waals surface area contributed by atoms with Crippen molar-refractivity contribution in [1.29, 1.82) is 0 Å². The molecule has 0 spiro atoms. The van der Waals surface area contributed by atoms with E-state index in [9.17, 15) is 0 Å². The fourth-order valence-electron chi connectivity index (χ4n) is 1.86. The first-order chi connectivity index (χ1) is 7.77. The summed E-state index contributed by atoms with van der Waals surface area (Å²) in [5.74, 6) is 1.98. The van der Waals surface area contributed by atoms with Gasteiger partial charge in [-0.05, 0) is 30.1 Å². The molecule has 0 nitrogen and oxygen atoms in total. The predicted octanol–water partition coefficient (Wildman–Crippen LogP) is 5.13. The lowest BCUT2D eigenvalue weighted by atomic mass is 9.96. The van der Waals surface area contributed by atoms with Gasteiger partial charge in [0.1, 0.15) is 0 Å². The van der Waals surface area contributed by atoms with Crippen molar-refractivity contribution in [2.75, 3.05) is 10.2 Å². The van der Waals surface area contributed by atoms with Crippen molar-refractivity contribution in [3.63, 3.8) is 0 Å². The monoisotopic (exact) mass is 348 g/mol. The Kier molecular flexibility index (Phi) is 7.54. The van der Waals surface area contributed by atoms with E-state index < -0.39 is 0 Å². The van der Waals surface area contributed by atoms with Crippen molar-refractivity contribution in [3.05, 3.63) is 35.9 Å². The molecule has 0 fully saturated rings. The van der Waals surface area contributed by atoms with Crippen molar-refractivity contribution in [3.8, 4) is 0 Å². The van der Waals surface area contributed by atoms with E-state index in [0.29, 0.717) is 0 Å². The van der Waals surface area contributed by atoms with Gasteiger partial charge in [0.15, 0.2) is 0 Å². The van der Waals surface area contributed by atoms with Crippen molar-refractivity contribution in [1.82, 2.24) is 0 Å². The fourth-order valence-corrected chi connectivity index (χ4v) is 3.68. The highest BCUT2D eigenvalue weighted by Gasteiger charge is 2.11. The molecule has 1 aromatic carbocycles. The topological polar surface area (TPSA) is 0 Å². The van der Waals surface area contributed by atoms with Crippen LogP contribution in [0.1, 0.15) is 38.2 Å². The Morgan fingerprint density at radius 2 is 1.88 bits per heavy atom. The minimum absolute atomic E-state index is 0.738. The van der Waals surface area contributed by atoms with Crippen LogP contribution in [0.3, 0.4) is 0 Å². The van der Waals surface area contributed by atoms with E-state index in [2.05, 4.69) is 78.5 Å². The average molecular weight is 348 g/mol. The minimum atomic E-state index is 0.738. The van der Waals surface area contributed by atoms with Crippen molar-refractivity contribution in [2.24, 2.45) is 0 Å². The van der Waals surface area contributed by atoms with Gasteiger partial charge in [-0.2, -0.15) is 11.8 Å². The summed E-state index contributed by atoms with van der Waals surface area (Å²) in [6.07, 6.45) is 2.65. The summed E-state index contributed by atoms with van der Waals surface area (Å²) in [6.45, 7) is 4.59. The first-order valence-electron chi connectivity index (χ1n) is 6.00. The molecular weight excluding hydrogens is 327 g/mol. The van der Waals surface area contributed by atoms with E-state index >= 15 is 0 Å². The molecule has 2 unspecified atom stereocenters. The highest BCUT2D eigenvalue weighted by molar-refractivity contribution is 14.1. The molecule has 2 heteroatoms. The van der Waals surface area contributed by atoms with Crippen LogP contribution in [0.4, 0.5) is 0 Å². The summed E-state index contributed by atoms with van der Waals surface area (Å²) in [4.78, 5) is 0. The van der Waals surface area contributed by atoms with Gasteiger partial charge in [0.25, 0.3) is 0 Å². The van der Waals surface area contributed by atoms with Crippen LogP contribution in [0, 0.1) is 0 Å². The molecule has 0 bridgehead atoms. The Labute approximate surface area is 118 Å². The highest BCUT2D eigenvalue weighted by atomic mass is 127. The molecule has 0 aromatic heterocycles. The average Bonchev–Trinajstić information content (AvgIpc) is 2.31. The van der Waals surface area contributed by atoms with E-state index in [-0.39, 0.29) is 0 Å². The van der Waals surface area contributed by atoms with Crippen LogP contribution in [0.25, 0.3) is 0 Å². The van der Waals surface area contributed by atoms with Crippen LogP contribution in [0.15, 0.2) is 30.3 Å². The third kappa shape index (κ3) is 5.09. The molecule has 2 atom stereocenters. The molecule has 0 aliphatic carbocycles. The summed E-state index contributed by atoms with van der Waals surface area (Å²) in [5, 5.41) is 0.805.